The van der Waals surface area contributed by atoms with Crippen molar-refractivity contribution in [2.75, 3.05) is 13.7 Å². The van der Waals surface area contributed by atoms with Crippen LogP contribution in [-0.4, -0.2) is 42.9 Å². The zero-order valence-electron chi connectivity index (χ0n) is 10.2. The predicted molar refractivity (Wildman–Crippen MR) is 61.8 cm³/mol. The molecule has 0 spiro atoms. The van der Waals surface area contributed by atoms with Crippen LogP contribution >= 0.6 is 0 Å². The van der Waals surface area contributed by atoms with E-state index in [9.17, 15) is 9.59 Å². The number of amides is 2. The monoisotopic (exact) mass is 244 g/mol. The number of aliphatic carboxylic acids is 1. The Morgan fingerprint density at radius 3 is 2.65 bits per heavy atom. The standard InChI is InChI=1S/C11H20N2O4/c1-7-4-3-5-8(7)12-11(16)13-9(6-17-2)10(14)15/h7-9H,3-6H2,1-2H3,(H,14,15)(H2,12,13,16). The molecule has 0 aromatic rings. The molecule has 6 heteroatoms. The Kier molecular flexibility index (Phi) is 5.21. The molecular formula is C11H20N2O4. The highest BCUT2D eigenvalue weighted by Gasteiger charge is 2.26. The summed E-state index contributed by atoms with van der Waals surface area (Å²) in [5.41, 5.74) is 0. The summed E-state index contributed by atoms with van der Waals surface area (Å²) in [7, 11) is 1.40. The summed E-state index contributed by atoms with van der Waals surface area (Å²) in [6.07, 6.45) is 3.16. The van der Waals surface area contributed by atoms with Gasteiger partial charge in [0.05, 0.1) is 6.61 Å². The van der Waals surface area contributed by atoms with Crippen LogP contribution in [0.5, 0.6) is 0 Å². The van der Waals surface area contributed by atoms with Gasteiger partial charge in [0.25, 0.3) is 0 Å². The molecule has 3 unspecified atom stereocenters. The Hall–Kier alpha value is -1.30. The summed E-state index contributed by atoms with van der Waals surface area (Å²) in [4.78, 5) is 22.4. The first-order valence-electron chi connectivity index (χ1n) is 5.83. The SMILES string of the molecule is COCC(NC(=O)NC1CCCC1C)C(=O)O. The first kappa shape index (κ1) is 13.8. The third-order valence-corrected chi connectivity index (χ3v) is 3.11. The lowest BCUT2D eigenvalue weighted by atomic mass is 10.1. The summed E-state index contributed by atoms with van der Waals surface area (Å²) in [5, 5.41) is 14.0. The number of hydrogen-bond acceptors (Lipinski definition) is 3. The molecule has 0 aliphatic heterocycles. The van der Waals surface area contributed by atoms with Gasteiger partial charge >= 0.3 is 12.0 Å². The van der Waals surface area contributed by atoms with Crippen LogP contribution in [0.15, 0.2) is 0 Å². The van der Waals surface area contributed by atoms with Crippen molar-refractivity contribution >= 4 is 12.0 Å². The van der Waals surface area contributed by atoms with Gasteiger partial charge in [0.1, 0.15) is 0 Å². The van der Waals surface area contributed by atoms with E-state index >= 15 is 0 Å². The molecule has 6 nitrogen and oxygen atoms in total. The second-order valence-corrected chi connectivity index (χ2v) is 4.48. The van der Waals surface area contributed by atoms with E-state index < -0.39 is 18.0 Å². The number of carboxylic acids is 1. The van der Waals surface area contributed by atoms with Crippen LogP contribution in [0.1, 0.15) is 26.2 Å². The number of methoxy groups -OCH3 is 1. The summed E-state index contributed by atoms with van der Waals surface area (Å²) in [5.74, 6) is -0.645. The summed E-state index contributed by atoms with van der Waals surface area (Å²) in [6.45, 7) is 2.05. The third-order valence-electron chi connectivity index (χ3n) is 3.11. The smallest absolute Gasteiger partial charge is 0.328 e. The van der Waals surface area contributed by atoms with Crippen LogP contribution in [0.2, 0.25) is 0 Å². The van der Waals surface area contributed by atoms with E-state index in [1.807, 2.05) is 0 Å². The molecule has 0 aromatic heterocycles. The van der Waals surface area contributed by atoms with Gasteiger partial charge < -0.3 is 20.5 Å². The molecule has 1 rings (SSSR count). The molecule has 1 fully saturated rings. The number of nitrogens with one attached hydrogen (secondary N) is 2. The lowest BCUT2D eigenvalue weighted by molar-refractivity contribution is -0.140. The molecule has 1 aliphatic rings. The van der Waals surface area contributed by atoms with Gasteiger partial charge in [-0.2, -0.15) is 0 Å². The molecule has 0 radical (unpaired) electrons. The number of carbonyl (C=O) groups is 2. The largest absolute Gasteiger partial charge is 0.480 e. The Balaban J connectivity index is 2.39. The van der Waals surface area contributed by atoms with Gasteiger partial charge in [-0.1, -0.05) is 13.3 Å². The number of rotatable bonds is 5. The van der Waals surface area contributed by atoms with Gasteiger partial charge in [-0.3, -0.25) is 0 Å². The summed E-state index contributed by atoms with van der Waals surface area (Å²) in [6, 6.07) is -1.29. The van der Waals surface area contributed by atoms with Crippen molar-refractivity contribution in [2.45, 2.75) is 38.3 Å². The molecule has 1 saturated carbocycles. The highest BCUT2D eigenvalue weighted by molar-refractivity contribution is 5.82. The number of hydrogen-bond donors (Lipinski definition) is 3. The molecule has 3 N–H and O–H groups in total. The number of carboxylic acid groups (broad SMARTS) is 1. The molecule has 0 heterocycles. The van der Waals surface area contributed by atoms with Crippen molar-refractivity contribution in [1.82, 2.24) is 10.6 Å². The second kappa shape index (κ2) is 6.44. The fraction of sp³-hybridized carbons (Fsp3) is 0.818. The van der Waals surface area contributed by atoms with E-state index in [2.05, 4.69) is 17.6 Å². The first-order valence-corrected chi connectivity index (χ1v) is 5.83. The lowest BCUT2D eigenvalue weighted by Gasteiger charge is -2.20. The van der Waals surface area contributed by atoms with Crippen molar-refractivity contribution in [1.29, 1.82) is 0 Å². The highest BCUT2D eigenvalue weighted by atomic mass is 16.5. The van der Waals surface area contributed by atoms with Crippen molar-refractivity contribution in [3.8, 4) is 0 Å². The molecule has 17 heavy (non-hydrogen) atoms. The van der Waals surface area contributed by atoms with E-state index in [0.717, 1.165) is 19.3 Å². The third kappa shape index (κ3) is 4.22. The Labute approximate surface area is 101 Å². The highest BCUT2D eigenvalue weighted by Crippen LogP contribution is 2.24. The minimum atomic E-state index is -1.10. The summed E-state index contributed by atoms with van der Waals surface area (Å²) >= 11 is 0. The van der Waals surface area contributed by atoms with Crippen LogP contribution in [0, 0.1) is 5.92 Å². The molecule has 2 amide bonds. The number of urea groups is 1. The molecule has 98 valence electrons. The molecule has 3 atom stereocenters. The second-order valence-electron chi connectivity index (χ2n) is 4.48. The van der Waals surface area contributed by atoms with Gasteiger partial charge in [0.15, 0.2) is 6.04 Å². The zero-order valence-corrected chi connectivity index (χ0v) is 10.2. The first-order chi connectivity index (χ1) is 8.04. The topological polar surface area (TPSA) is 87.7 Å². The maximum atomic E-state index is 11.6. The van der Waals surface area contributed by atoms with E-state index in [4.69, 9.17) is 9.84 Å². The Morgan fingerprint density at radius 2 is 2.18 bits per heavy atom. The molecule has 1 aliphatic carbocycles. The van der Waals surface area contributed by atoms with E-state index in [1.54, 1.807) is 0 Å². The van der Waals surface area contributed by atoms with Gasteiger partial charge in [0.2, 0.25) is 0 Å². The Bertz CT molecular complexity index is 283. The van der Waals surface area contributed by atoms with Crippen molar-refractivity contribution in [2.24, 2.45) is 5.92 Å². The maximum absolute atomic E-state index is 11.6. The molecule has 0 aromatic carbocycles. The van der Waals surface area contributed by atoms with E-state index in [1.165, 1.54) is 7.11 Å². The van der Waals surface area contributed by atoms with Crippen LogP contribution in [0.25, 0.3) is 0 Å². The normalized spacial score (nSPS) is 25.3. The number of ether oxygens (including phenoxy) is 1. The van der Waals surface area contributed by atoms with Gasteiger partial charge in [-0.05, 0) is 18.8 Å². The summed E-state index contributed by atoms with van der Waals surface area (Å²) < 4.78 is 4.73. The number of carbonyl (C=O) groups excluding carboxylic acids is 1. The van der Waals surface area contributed by atoms with Crippen molar-refractivity contribution in [3.05, 3.63) is 0 Å². The van der Waals surface area contributed by atoms with Crippen molar-refractivity contribution in [3.63, 3.8) is 0 Å². The van der Waals surface area contributed by atoms with Crippen LogP contribution < -0.4 is 10.6 Å². The van der Waals surface area contributed by atoms with Crippen LogP contribution in [-0.2, 0) is 9.53 Å². The Morgan fingerprint density at radius 1 is 1.47 bits per heavy atom. The molecule has 0 bridgehead atoms. The zero-order chi connectivity index (χ0) is 12.8. The van der Waals surface area contributed by atoms with Gasteiger partial charge in [-0.15, -0.1) is 0 Å². The van der Waals surface area contributed by atoms with Crippen molar-refractivity contribution < 1.29 is 19.4 Å². The van der Waals surface area contributed by atoms with E-state index in [0.29, 0.717) is 5.92 Å². The van der Waals surface area contributed by atoms with Crippen LogP contribution in [0.4, 0.5) is 4.79 Å². The fourth-order valence-electron chi connectivity index (χ4n) is 2.07. The van der Waals surface area contributed by atoms with Gasteiger partial charge in [0, 0.05) is 13.2 Å². The van der Waals surface area contributed by atoms with Crippen LogP contribution in [0.3, 0.4) is 0 Å². The maximum Gasteiger partial charge on any atom is 0.328 e. The lowest BCUT2D eigenvalue weighted by Crippen LogP contribution is -2.51. The van der Waals surface area contributed by atoms with E-state index in [-0.39, 0.29) is 12.6 Å². The average molecular weight is 244 g/mol. The minimum absolute atomic E-state index is 0.0387. The molecule has 0 saturated heterocycles. The quantitative estimate of drug-likeness (QED) is 0.660. The molecular weight excluding hydrogens is 224 g/mol. The predicted octanol–water partition coefficient (Wildman–Crippen LogP) is 0.574. The average Bonchev–Trinajstić information content (AvgIpc) is 2.63. The fourth-order valence-corrected chi connectivity index (χ4v) is 2.07. The van der Waals surface area contributed by atoms with Gasteiger partial charge in [-0.25, -0.2) is 9.59 Å². The minimum Gasteiger partial charge on any atom is -0.480 e.